The number of alkyl halides is 1. The number of halogens is 1. The molecule has 2 aliphatic carbocycles. The Morgan fingerprint density at radius 3 is 2.00 bits per heavy atom. The lowest BCUT2D eigenvalue weighted by molar-refractivity contribution is -0.179. The quantitative estimate of drug-likeness (QED) is 0.366. The van der Waals surface area contributed by atoms with Crippen LogP contribution in [0.2, 0.25) is 0 Å². The van der Waals surface area contributed by atoms with E-state index in [2.05, 4.69) is 5.32 Å². The van der Waals surface area contributed by atoms with Crippen LogP contribution in [-0.4, -0.2) is 60.6 Å². The second kappa shape index (κ2) is 10.1. The van der Waals surface area contributed by atoms with E-state index >= 15 is 0 Å². The molecule has 0 aromatic heterocycles. The van der Waals surface area contributed by atoms with E-state index in [9.17, 15) is 23.9 Å². The third kappa shape index (κ3) is 5.85. The molecule has 31 heavy (non-hydrogen) atoms. The van der Waals surface area contributed by atoms with Gasteiger partial charge in [-0.15, -0.1) is 0 Å². The summed E-state index contributed by atoms with van der Waals surface area (Å²) in [5.41, 5.74) is -2.26. The van der Waals surface area contributed by atoms with Crippen LogP contribution < -0.4 is 5.32 Å². The molecule has 0 saturated heterocycles. The lowest BCUT2D eigenvalue weighted by Crippen LogP contribution is -2.61. The van der Waals surface area contributed by atoms with Crippen LogP contribution >= 0.6 is 0 Å². The van der Waals surface area contributed by atoms with Crippen molar-refractivity contribution in [3.63, 3.8) is 0 Å². The smallest absolute Gasteiger partial charge is 0.410 e. The maximum atomic E-state index is 14.8. The van der Waals surface area contributed by atoms with Crippen LogP contribution in [0.3, 0.4) is 0 Å². The number of esters is 1. The highest BCUT2D eigenvalue weighted by molar-refractivity contribution is 5.90. The first-order chi connectivity index (χ1) is 14.4. The molecule has 0 spiro atoms. The summed E-state index contributed by atoms with van der Waals surface area (Å²) in [7, 11) is 0. The van der Waals surface area contributed by atoms with Crippen molar-refractivity contribution in [2.24, 2.45) is 29.6 Å². The first-order valence-corrected chi connectivity index (χ1v) is 10.7. The Morgan fingerprint density at radius 2 is 1.52 bits per heavy atom. The summed E-state index contributed by atoms with van der Waals surface area (Å²) in [6.45, 7) is 11.5. The zero-order valence-corrected chi connectivity index (χ0v) is 18.9. The van der Waals surface area contributed by atoms with E-state index in [1.54, 1.807) is 6.92 Å². The Kier molecular flexibility index (Phi) is 8.27. The van der Waals surface area contributed by atoms with Gasteiger partial charge in [0.15, 0.2) is 11.8 Å². The fourth-order valence-corrected chi connectivity index (χ4v) is 4.05. The minimum absolute atomic E-state index is 0.169. The lowest BCUT2D eigenvalue weighted by atomic mass is 9.88. The minimum atomic E-state index is -2.26. The van der Waals surface area contributed by atoms with E-state index < -0.39 is 60.1 Å². The molecule has 7 atom stereocenters. The van der Waals surface area contributed by atoms with Crippen molar-refractivity contribution in [3.05, 3.63) is 0 Å². The summed E-state index contributed by atoms with van der Waals surface area (Å²) in [6.07, 6.45) is -4.90. The standard InChI is InChI=1S/C21H34FNO8/c1-10(2)8-28-12(5)30-18(24)16-14-7-15(22)21(17(14)16,19(25)26)23-20(27)31-13(6)29-9-11(3)4/h10-17H,7-9H2,1-6H3,(H,23,27)(H,25,26)/t12?,13?,14-,15-,16-,17-,21-/m0/s1. The van der Waals surface area contributed by atoms with Crippen LogP contribution in [0.25, 0.3) is 0 Å². The number of aliphatic carboxylic acids is 1. The van der Waals surface area contributed by atoms with Gasteiger partial charge in [0.2, 0.25) is 6.29 Å². The number of carbonyl (C=O) groups excluding carboxylic acids is 2. The van der Waals surface area contributed by atoms with Crippen LogP contribution in [0, 0.1) is 29.6 Å². The predicted octanol–water partition coefficient (Wildman–Crippen LogP) is 2.72. The average Bonchev–Trinajstić information content (AvgIpc) is 3.28. The van der Waals surface area contributed by atoms with Gasteiger partial charge in [-0.2, -0.15) is 0 Å². The molecule has 0 aliphatic heterocycles. The van der Waals surface area contributed by atoms with E-state index in [1.165, 1.54) is 6.92 Å². The van der Waals surface area contributed by atoms with E-state index in [-0.39, 0.29) is 18.3 Å². The maximum absolute atomic E-state index is 14.8. The Balaban J connectivity index is 2.02. The summed E-state index contributed by atoms with van der Waals surface area (Å²) >= 11 is 0. The van der Waals surface area contributed by atoms with Crippen LogP contribution in [0.5, 0.6) is 0 Å². The number of nitrogens with one attached hydrogen (secondary N) is 1. The molecule has 2 unspecified atom stereocenters. The van der Waals surface area contributed by atoms with Crippen molar-refractivity contribution < 1.29 is 42.8 Å². The molecule has 2 N–H and O–H groups in total. The van der Waals surface area contributed by atoms with Crippen molar-refractivity contribution in [1.29, 1.82) is 0 Å². The Morgan fingerprint density at radius 1 is 1.00 bits per heavy atom. The molecule has 2 saturated carbocycles. The number of alkyl carbamates (subject to hydrolysis) is 1. The summed E-state index contributed by atoms with van der Waals surface area (Å²) in [4.78, 5) is 36.9. The van der Waals surface area contributed by atoms with Crippen molar-refractivity contribution in [3.8, 4) is 0 Å². The fraction of sp³-hybridized carbons (Fsp3) is 0.857. The number of carboxylic acid groups (broad SMARTS) is 1. The molecule has 10 heteroatoms. The normalized spacial score (nSPS) is 31.1. The van der Waals surface area contributed by atoms with E-state index in [0.717, 1.165) is 0 Å². The molecule has 1 amide bonds. The van der Waals surface area contributed by atoms with Gasteiger partial charge >= 0.3 is 18.0 Å². The van der Waals surface area contributed by atoms with Gasteiger partial charge < -0.3 is 29.4 Å². The summed E-state index contributed by atoms with van der Waals surface area (Å²) in [5.74, 6) is -4.06. The number of hydrogen-bond donors (Lipinski definition) is 2. The third-order valence-electron chi connectivity index (χ3n) is 5.49. The molecule has 2 fully saturated rings. The number of fused-ring (bicyclic) bond motifs is 1. The van der Waals surface area contributed by atoms with Crippen molar-refractivity contribution in [2.45, 2.75) is 72.3 Å². The monoisotopic (exact) mass is 447 g/mol. The molecule has 9 nitrogen and oxygen atoms in total. The molecule has 0 heterocycles. The molecule has 0 radical (unpaired) electrons. The number of carboxylic acids is 1. The van der Waals surface area contributed by atoms with Crippen LogP contribution in [-0.2, 0) is 28.5 Å². The first kappa shape index (κ1) is 25.3. The van der Waals surface area contributed by atoms with Crippen LogP contribution in [0.4, 0.5) is 9.18 Å². The largest absolute Gasteiger partial charge is 0.479 e. The maximum Gasteiger partial charge on any atom is 0.410 e. The molecular formula is C21H34FNO8. The average molecular weight is 448 g/mol. The molecule has 178 valence electrons. The number of carbonyl (C=O) groups is 3. The van der Waals surface area contributed by atoms with Crippen LogP contribution in [0.1, 0.15) is 48.0 Å². The summed E-state index contributed by atoms with van der Waals surface area (Å²) < 4.78 is 35.8. The Hall–Kier alpha value is -1.94. The van der Waals surface area contributed by atoms with Gasteiger partial charge in [0, 0.05) is 5.92 Å². The number of amides is 1. The van der Waals surface area contributed by atoms with Crippen LogP contribution in [0.15, 0.2) is 0 Å². The highest BCUT2D eigenvalue weighted by Crippen LogP contribution is 2.63. The molecule has 0 aromatic rings. The fourth-order valence-electron chi connectivity index (χ4n) is 4.05. The molecular weight excluding hydrogens is 413 g/mol. The van der Waals surface area contributed by atoms with Gasteiger partial charge in [0.05, 0.1) is 19.1 Å². The van der Waals surface area contributed by atoms with Gasteiger partial charge in [-0.3, -0.25) is 4.79 Å². The van der Waals surface area contributed by atoms with E-state index in [0.29, 0.717) is 13.2 Å². The summed E-state index contributed by atoms with van der Waals surface area (Å²) in [6, 6.07) is 0. The lowest BCUT2D eigenvalue weighted by Gasteiger charge is -2.31. The van der Waals surface area contributed by atoms with E-state index in [4.69, 9.17) is 18.9 Å². The third-order valence-corrected chi connectivity index (χ3v) is 5.49. The van der Waals surface area contributed by atoms with Gasteiger partial charge in [0.1, 0.15) is 6.17 Å². The molecule has 2 aliphatic rings. The van der Waals surface area contributed by atoms with Crippen molar-refractivity contribution in [2.75, 3.05) is 13.2 Å². The second-order valence-corrected chi connectivity index (χ2v) is 9.15. The summed E-state index contributed by atoms with van der Waals surface area (Å²) in [5, 5.41) is 12.0. The van der Waals surface area contributed by atoms with E-state index in [1.807, 2.05) is 27.7 Å². The number of rotatable bonds is 11. The highest BCUT2D eigenvalue weighted by atomic mass is 19.1. The predicted molar refractivity (Wildman–Crippen MR) is 107 cm³/mol. The topological polar surface area (TPSA) is 120 Å². The Labute approximate surface area is 181 Å². The SMILES string of the molecule is CC(C)COC(C)OC(=O)N[C@]1(C(=O)O)[C@H]2[C@@H](C[C@@H]1F)[C@@H]2C(=O)OC(C)OCC(C)C. The number of ether oxygens (including phenoxy) is 4. The second-order valence-electron chi connectivity index (χ2n) is 9.15. The van der Waals surface area contributed by atoms with Gasteiger partial charge in [0.25, 0.3) is 0 Å². The molecule has 0 aromatic carbocycles. The first-order valence-electron chi connectivity index (χ1n) is 10.7. The van der Waals surface area contributed by atoms with Crippen molar-refractivity contribution >= 4 is 18.0 Å². The van der Waals surface area contributed by atoms with Gasteiger partial charge in [-0.1, -0.05) is 27.7 Å². The number of hydrogen-bond acceptors (Lipinski definition) is 7. The van der Waals surface area contributed by atoms with Gasteiger partial charge in [-0.05, 0) is 38.0 Å². The zero-order valence-electron chi connectivity index (χ0n) is 18.9. The zero-order chi connectivity index (χ0) is 23.5. The highest BCUT2D eigenvalue weighted by Gasteiger charge is 2.77. The van der Waals surface area contributed by atoms with Crippen molar-refractivity contribution in [1.82, 2.24) is 5.32 Å². The molecule has 2 rings (SSSR count). The minimum Gasteiger partial charge on any atom is -0.479 e. The Bertz CT molecular complexity index is 672. The van der Waals surface area contributed by atoms with Gasteiger partial charge in [-0.25, -0.2) is 14.0 Å². The molecule has 0 bridgehead atoms.